The number of allylic oxidation sites excluding steroid dienone is 3. The molecule has 1 aromatic rings. The normalized spacial score (nSPS) is 13.1. The Kier molecular flexibility index (Phi) is 4.91. The topological polar surface area (TPSA) is 75.7 Å². The van der Waals surface area contributed by atoms with Crippen molar-refractivity contribution < 1.29 is 23.1 Å². The Labute approximate surface area is 119 Å². The molecule has 0 amide bonds. The number of hydrogen-bond donors (Lipinski definition) is 2. The molecule has 1 rings (SSSR count). The molecule has 21 heavy (non-hydrogen) atoms. The monoisotopic (exact) mass is 298 g/mol. The number of rotatable bonds is 4. The average molecular weight is 298 g/mol. The Hall–Kier alpha value is -2.57. The van der Waals surface area contributed by atoms with Gasteiger partial charge >= 0.3 is 12.1 Å². The van der Waals surface area contributed by atoms with Crippen LogP contribution in [0.15, 0.2) is 47.6 Å². The molecule has 0 bridgehead atoms. The number of carbonyl (C=O) groups is 1. The third-order valence-corrected chi connectivity index (χ3v) is 2.55. The molecule has 0 aliphatic rings. The van der Waals surface area contributed by atoms with E-state index in [0.29, 0.717) is 5.56 Å². The molecule has 112 valence electrons. The van der Waals surface area contributed by atoms with Gasteiger partial charge in [0.25, 0.3) is 0 Å². The maximum Gasteiger partial charge on any atom is 0.433 e. The first-order valence-electron chi connectivity index (χ1n) is 5.75. The van der Waals surface area contributed by atoms with E-state index in [9.17, 15) is 18.0 Å². The predicted molar refractivity (Wildman–Crippen MR) is 74.4 cm³/mol. The molecule has 0 fully saturated rings. The third-order valence-electron chi connectivity index (χ3n) is 2.55. The summed E-state index contributed by atoms with van der Waals surface area (Å²) in [6.07, 6.45) is -2.87. The van der Waals surface area contributed by atoms with Crippen molar-refractivity contribution in [2.75, 3.05) is 5.73 Å². The Morgan fingerprint density at radius 1 is 1.43 bits per heavy atom. The van der Waals surface area contributed by atoms with Gasteiger partial charge in [-0.05, 0) is 30.7 Å². The fourth-order valence-corrected chi connectivity index (χ4v) is 1.53. The lowest BCUT2D eigenvalue weighted by molar-refractivity contribution is -0.0923. The van der Waals surface area contributed by atoms with Crippen LogP contribution in [0.25, 0.3) is 0 Å². The van der Waals surface area contributed by atoms with Gasteiger partial charge in [0.15, 0.2) is 0 Å². The number of anilines is 1. The quantitative estimate of drug-likeness (QED) is 0.508. The fourth-order valence-electron chi connectivity index (χ4n) is 1.53. The zero-order chi connectivity index (χ0) is 16.2. The average Bonchev–Trinajstić information content (AvgIpc) is 2.36. The van der Waals surface area contributed by atoms with Crippen molar-refractivity contribution in [1.29, 1.82) is 0 Å². The summed E-state index contributed by atoms with van der Waals surface area (Å²) >= 11 is 0. The fraction of sp³-hybridized carbons (Fsp3) is 0.143. The Morgan fingerprint density at radius 2 is 2.05 bits per heavy atom. The van der Waals surface area contributed by atoms with Gasteiger partial charge < -0.3 is 10.8 Å². The van der Waals surface area contributed by atoms with Crippen LogP contribution in [0, 0.1) is 0 Å². The maximum atomic E-state index is 12.7. The lowest BCUT2D eigenvalue weighted by atomic mass is 10.1. The zero-order valence-corrected chi connectivity index (χ0v) is 11.1. The third kappa shape index (κ3) is 4.20. The smallest absolute Gasteiger partial charge is 0.433 e. The van der Waals surface area contributed by atoms with Crippen molar-refractivity contribution in [3.8, 4) is 0 Å². The number of benzene rings is 1. The minimum atomic E-state index is -4.61. The van der Waals surface area contributed by atoms with Gasteiger partial charge in [-0.2, -0.15) is 13.2 Å². The number of aliphatic imine (C=N–C) groups is 1. The van der Waals surface area contributed by atoms with Crippen LogP contribution in [0.2, 0.25) is 0 Å². The lowest BCUT2D eigenvalue weighted by Crippen LogP contribution is -2.12. The maximum absolute atomic E-state index is 12.7. The molecule has 4 nitrogen and oxygen atoms in total. The summed E-state index contributed by atoms with van der Waals surface area (Å²) < 4.78 is 38.1. The molecule has 0 aromatic heterocycles. The second kappa shape index (κ2) is 6.25. The first kappa shape index (κ1) is 16.5. The standard InChI is InChI=1S/C14H13F3N2O2/c1-3-4-12(14(15,16)17)19-8(2)9-5-6-10(13(20)21)11(18)7-9/h3-7H,1,18H2,2H3,(H,20,21)/b12-4-,19-8?. The van der Waals surface area contributed by atoms with Gasteiger partial charge in [0.1, 0.15) is 5.70 Å². The van der Waals surface area contributed by atoms with Gasteiger partial charge in [0.2, 0.25) is 0 Å². The van der Waals surface area contributed by atoms with Gasteiger partial charge in [0, 0.05) is 11.4 Å². The van der Waals surface area contributed by atoms with Gasteiger partial charge in [-0.1, -0.05) is 18.7 Å². The van der Waals surface area contributed by atoms with Crippen molar-refractivity contribution in [2.24, 2.45) is 4.99 Å². The number of alkyl halides is 3. The molecular weight excluding hydrogens is 285 g/mol. The molecule has 0 saturated heterocycles. The Bertz CT molecular complexity index is 632. The highest BCUT2D eigenvalue weighted by molar-refractivity contribution is 6.02. The van der Waals surface area contributed by atoms with E-state index in [-0.39, 0.29) is 17.0 Å². The van der Waals surface area contributed by atoms with Crippen LogP contribution >= 0.6 is 0 Å². The van der Waals surface area contributed by atoms with E-state index in [4.69, 9.17) is 10.8 Å². The molecule has 0 spiro atoms. The lowest BCUT2D eigenvalue weighted by Gasteiger charge is -2.09. The Morgan fingerprint density at radius 3 is 2.48 bits per heavy atom. The minimum absolute atomic E-state index is 0.0455. The summed E-state index contributed by atoms with van der Waals surface area (Å²) in [5.74, 6) is -1.21. The molecule has 0 saturated carbocycles. The number of carboxylic acids is 1. The van der Waals surface area contributed by atoms with Gasteiger partial charge in [-0.3, -0.25) is 0 Å². The van der Waals surface area contributed by atoms with Crippen molar-refractivity contribution >= 4 is 17.4 Å². The van der Waals surface area contributed by atoms with Gasteiger partial charge in [-0.15, -0.1) is 0 Å². The van der Waals surface area contributed by atoms with Gasteiger partial charge in [-0.25, -0.2) is 9.79 Å². The second-order valence-electron chi connectivity index (χ2n) is 4.09. The van der Waals surface area contributed by atoms with Gasteiger partial charge in [0.05, 0.1) is 5.56 Å². The highest BCUT2D eigenvalue weighted by Gasteiger charge is 2.33. The molecule has 0 aliphatic carbocycles. The molecule has 0 unspecified atom stereocenters. The van der Waals surface area contributed by atoms with E-state index in [0.717, 1.165) is 12.2 Å². The van der Waals surface area contributed by atoms with Crippen molar-refractivity contribution in [3.63, 3.8) is 0 Å². The highest BCUT2D eigenvalue weighted by atomic mass is 19.4. The number of carboxylic acid groups (broad SMARTS) is 1. The van der Waals surface area contributed by atoms with Crippen LogP contribution in [-0.4, -0.2) is 23.0 Å². The number of aromatic carboxylic acids is 1. The molecule has 3 N–H and O–H groups in total. The summed E-state index contributed by atoms with van der Waals surface area (Å²) in [6.45, 7) is 4.58. The molecule has 7 heteroatoms. The summed E-state index contributed by atoms with van der Waals surface area (Å²) in [5, 5.41) is 8.84. The van der Waals surface area contributed by atoms with E-state index in [1.165, 1.54) is 25.1 Å². The summed E-state index contributed by atoms with van der Waals surface area (Å²) in [5.41, 5.74) is 4.64. The summed E-state index contributed by atoms with van der Waals surface area (Å²) in [4.78, 5) is 14.3. The molecule has 0 atom stereocenters. The molecule has 1 aromatic carbocycles. The zero-order valence-electron chi connectivity index (χ0n) is 11.1. The molecule has 0 heterocycles. The van der Waals surface area contributed by atoms with E-state index >= 15 is 0 Å². The van der Waals surface area contributed by atoms with Crippen LogP contribution < -0.4 is 5.73 Å². The number of nitrogen functional groups attached to an aromatic ring is 1. The largest absolute Gasteiger partial charge is 0.478 e. The van der Waals surface area contributed by atoms with Crippen LogP contribution in [-0.2, 0) is 0 Å². The van der Waals surface area contributed by atoms with Crippen LogP contribution in [0.4, 0.5) is 18.9 Å². The number of nitrogens with two attached hydrogens (primary N) is 1. The molecule has 0 aliphatic heterocycles. The number of halogens is 3. The second-order valence-corrected chi connectivity index (χ2v) is 4.09. The number of nitrogens with zero attached hydrogens (tertiary/aromatic N) is 1. The van der Waals surface area contributed by atoms with Crippen molar-refractivity contribution in [1.82, 2.24) is 0 Å². The molecular formula is C14H13F3N2O2. The van der Waals surface area contributed by atoms with Crippen molar-refractivity contribution in [3.05, 3.63) is 53.8 Å². The summed E-state index contributed by atoms with van der Waals surface area (Å²) in [7, 11) is 0. The van der Waals surface area contributed by atoms with Crippen LogP contribution in [0.1, 0.15) is 22.8 Å². The molecule has 0 radical (unpaired) electrons. The first-order chi connectivity index (χ1) is 9.66. The van der Waals surface area contributed by atoms with E-state index in [1.807, 2.05) is 0 Å². The van der Waals surface area contributed by atoms with Crippen molar-refractivity contribution in [2.45, 2.75) is 13.1 Å². The van der Waals surface area contributed by atoms with E-state index in [1.54, 1.807) is 0 Å². The SMILES string of the molecule is C=C/C=C(\N=C(C)c1ccc(C(=O)O)c(N)c1)C(F)(F)F. The van der Waals surface area contributed by atoms with Crippen LogP contribution in [0.3, 0.4) is 0 Å². The summed E-state index contributed by atoms with van der Waals surface area (Å²) in [6, 6.07) is 3.83. The Balaban J connectivity index is 3.24. The minimum Gasteiger partial charge on any atom is -0.478 e. The first-order valence-corrected chi connectivity index (χ1v) is 5.75. The highest BCUT2D eigenvalue weighted by Crippen LogP contribution is 2.27. The van der Waals surface area contributed by atoms with E-state index < -0.39 is 17.8 Å². The number of hydrogen-bond acceptors (Lipinski definition) is 3. The van der Waals surface area contributed by atoms with E-state index in [2.05, 4.69) is 11.6 Å². The van der Waals surface area contributed by atoms with Crippen LogP contribution in [0.5, 0.6) is 0 Å². The predicted octanol–water partition coefficient (Wildman–Crippen LogP) is 3.41.